The van der Waals surface area contributed by atoms with Crippen LogP contribution in [0.15, 0.2) is 33.4 Å². The van der Waals surface area contributed by atoms with Crippen LogP contribution in [0.3, 0.4) is 0 Å². The van der Waals surface area contributed by atoms with E-state index in [1.165, 1.54) is 20.9 Å². The maximum atomic E-state index is 13.0. The van der Waals surface area contributed by atoms with E-state index in [4.69, 9.17) is 13.7 Å². The number of aromatic nitrogens is 1. The van der Waals surface area contributed by atoms with Gasteiger partial charge in [-0.2, -0.15) is 17.0 Å². The number of carbonyl (C=O) groups excluding carboxylic acids is 1. The lowest BCUT2D eigenvalue weighted by Crippen LogP contribution is -2.57. The number of carbonyl (C=O) groups is 1. The van der Waals surface area contributed by atoms with Gasteiger partial charge in [0.25, 0.3) is 16.1 Å². The van der Waals surface area contributed by atoms with Crippen LogP contribution in [-0.4, -0.2) is 84.5 Å². The van der Waals surface area contributed by atoms with Crippen molar-refractivity contribution < 1.29 is 26.9 Å². The summed E-state index contributed by atoms with van der Waals surface area (Å²) < 4.78 is 44.9. The number of hydrogen-bond acceptors (Lipinski definition) is 7. The molecule has 2 aromatic rings. The standard InChI is InChI=1S/C18H24N4O6S/c1-13-11-22(12-14(2)27-13)29(24,25)21-7-5-20(6-8-21)18(23)15-10-17(28-19-15)16-4-3-9-26-16/h3-4,9-10,13-14H,5-8,11-12H2,1-2H3. The smallest absolute Gasteiger partial charge is 0.282 e. The first-order chi connectivity index (χ1) is 13.8. The molecule has 0 saturated carbocycles. The zero-order valence-electron chi connectivity index (χ0n) is 16.4. The summed E-state index contributed by atoms with van der Waals surface area (Å²) in [5.41, 5.74) is 0.170. The first-order valence-electron chi connectivity index (χ1n) is 9.55. The Bertz CT molecular complexity index is 939. The lowest BCUT2D eigenvalue weighted by Gasteiger charge is -2.40. The minimum absolute atomic E-state index is 0.146. The molecule has 4 heterocycles. The maximum Gasteiger partial charge on any atom is 0.282 e. The summed E-state index contributed by atoms with van der Waals surface area (Å²) in [6, 6.07) is 4.96. The molecule has 0 aliphatic carbocycles. The van der Waals surface area contributed by atoms with Crippen molar-refractivity contribution in [3.05, 3.63) is 30.2 Å². The molecule has 2 atom stereocenters. The van der Waals surface area contributed by atoms with Crippen molar-refractivity contribution in [3.63, 3.8) is 0 Å². The van der Waals surface area contributed by atoms with Crippen LogP contribution in [0.2, 0.25) is 0 Å². The average Bonchev–Trinajstić information content (AvgIpc) is 3.38. The summed E-state index contributed by atoms with van der Waals surface area (Å²) in [5, 5.41) is 3.82. The molecule has 10 nitrogen and oxygen atoms in total. The molecule has 158 valence electrons. The van der Waals surface area contributed by atoms with E-state index < -0.39 is 10.2 Å². The molecule has 2 aromatic heterocycles. The lowest BCUT2D eigenvalue weighted by molar-refractivity contribution is -0.0457. The van der Waals surface area contributed by atoms with Gasteiger partial charge >= 0.3 is 0 Å². The van der Waals surface area contributed by atoms with Crippen LogP contribution >= 0.6 is 0 Å². The Kier molecular flexibility index (Phi) is 5.47. The fraction of sp³-hybridized carbons (Fsp3) is 0.556. The zero-order chi connectivity index (χ0) is 20.6. The van der Waals surface area contributed by atoms with E-state index in [2.05, 4.69) is 5.16 Å². The topological polar surface area (TPSA) is 109 Å². The van der Waals surface area contributed by atoms with Crippen molar-refractivity contribution in [3.8, 4) is 11.5 Å². The maximum absolute atomic E-state index is 13.0. The summed E-state index contributed by atoms with van der Waals surface area (Å²) in [4.78, 5) is 14.3. The molecule has 2 saturated heterocycles. The van der Waals surface area contributed by atoms with Crippen LogP contribution in [0.4, 0.5) is 0 Å². The molecule has 11 heteroatoms. The molecule has 2 unspecified atom stereocenters. The van der Waals surface area contributed by atoms with Crippen LogP contribution in [0.5, 0.6) is 0 Å². The summed E-state index contributed by atoms with van der Waals surface area (Å²) >= 11 is 0. The third kappa shape index (κ3) is 4.08. The van der Waals surface area contributed by atoms with Crippen molar-refractivity contribution in [1.82, 2.24) is 18.7 Å². The molecule has 1 amide bonds. The molecule has 29 heavy (non-hydrogen) atoms. The van der Waals surface area contributed by atoms with E-state index in [1.807, 2.05) is 13.8 Å². The molecule has 0 bridgehead atoms. The third-order valence-electron chi connectivity index (χ3n) is 5.06. The number of rotatable bonds is 4. The Morgan fingerprint density at radius 2 is 1.76 bits per heavy atom. The molecule has 2 aliphatic rings. The summed E-state index contributed by atoms with van der Waals surface area (Å²) in [6.07, 6.45) is 1.22. The van der Waals surface area contributed by atoms with Gasteiger partial charge in [0.2, 0.25) is 5.76 Å². The van der Waals surface area contributed by atoms with Crippen LogP contribution < -0.4 is 0 Å². The number of amides is 1. The first-order valence-corrected chi connectivity index (χ1v) is 10.9. The molecular formula is C18H24N4O6S. The van der Waals surface area contributed by atoms with Gasteiger partial charge in [0, 0.05) is 45.3 Å². The second kappa shape index (κ2) is 7.90. The van der Waals surface area contributed by atoms with E-state index in [1.54, 1.807) is 17.0 Å². The first kappa shape index (κ1) is 20.1. The van der Waals surface area contributed by atoms with Crippen LogP contribution in [-0.2, 0) is 14.9 Å². The predicted molar refractivity (Wildman–Crippen MR) is 102 cm³/mol. The number of morpholine rings is 1. The van der Waals surface area contributed by atoms with Gasteiger partial charge in [-0.25, -0.2) is 0 Å². The summed E-state index contributed by atoms with van der Waals surface area (Å²) in [6.45, 7) is 5.44. The highest BCUT2D eigenvalue weighted by Crippen LogP contribution is 2.22. The van der Waals surface area contributed by atoms with Crippen LogP contribution in [0, 0.1) is 0 Å². The van der Waals surface area contributed by atoms with Crippen molar-refractivity contribution >= 4 is 16.1 Å². The molecule has 2 aliphatic heterocycles. The van der Waals surface area contributed by atoms with Gasteiger partial charge in [-0.1, -0.05) is 5.16 Å². The fourth-order valence-electron chi connectivity index (χ4n) is 3.68. The third-order valence-corrected chi connectivity index (χ3v) is 7.03. The minimum Gasteiger partial charge on any atom is -0.461 e. The van der Waals surface area contributed by atoms with Crippen LogP contribution in [0.25, 0.3) is 11.5 Å². The van der Waals surface area contributed by atoms with Gasteiger partial charge in [-0.3, -0.25) is 4.79 Å². The molecule has 0 radical (unpaired) electrons. The molecule has 0 N–H and O–H groups in total. The SMILES string of the molecule is CC1CN(S(=O)(=O)N2CCN(C(=O)c3cc(-c4ccco4)on3)CC2)CC(C)O1. The second-order valence-corrected chi connectivity index (χ2v) is 9.26. The Balaban J connectivity index is 1.38. The number of furan rings is 1. The number of ether oxygens (including phenoxy) is 1. The Morgan fingerprint density at radius 3 is 2.38 bits per heavy atom. The summed E-state index contributed by atoms with van der Waals surface area (Å²) in [5.74, 6) is 0.564. The molecule has 0 spiro atoms. The molecule has 2 fully saturated rings. The Labute approximate surface area is 169 Å². The van der Waals surface area contributed by atoms with Crippen LogP contribution in [0.1, 0.15) is 24.3 Å². The average molecular weight is 424 g/mol. The highest BCUT2D eigenvalue weighted by atomic mass is 32.2. The van der Waals surface area contributed by atoms with Gasteiger partial charge in [-0.15, -0.1) is 0 Å². The monoisotopic (exact) mass is 424 g/mol. The lowest BCUT2D eigenvalue weighted by atomic mass is 10.2. The molecule has 0 aromatic carbocycles. The van der Waals surface area contributed by atoms with E-state index in [0.717, 1.165) is 0 Å². The van der Waals surface area contributed by atoms with Crippen molar-refractivity contribution in [1.29, 1.82) is 0 Å². The van der Waals surface area contributed by atoms with Gasteiger partial charge < -0.3 is 18.6 Å². The largest absolute Gasteiger partial charge is 0.461 e. The number of piperazine rings is 1. The van der Waals surface area contributed by atoms with Crippen molar-refractivity contribution in [2.75, 3.05) is 39.3 Å². The number of hydrogen-bond donors (Lipinski definition) is 0. The highest BCUT2D eigenvalue weighted by Gasteiger charge is 2.37. The zero-order valence-corrected chi connectivity index (χ0v) is 17.2. The van der Waals surface area contributed by atoms with E-state index in [0.29, 0.717) is 24.6 Å². The number of nitrogens with zero attached hydrogens (tertiary/aromatic N) is 4. The van der Waals surface area contributed by atoms with Gasteiger partial charge in [0.15, 0.2) is 11.5 Å². The Hall–Kier alpha value is -2.21. The quantitative estimate of drug-likeness (QED) is 0.721. The predicted octanol–water partition coefficient (Wildman–Crippen LogP) is 1.05. The van der Waals surface area contributed by atoms with E-state index in [-0.39, 0.29) is 50.0 Å². The second-order valence-electron chi connectivity index (χ2n) is 7.33. The van der Waals surface area contributed by atoms with Crippen molar-refractivity contribution in [2.45, 2.75) is 26.1 Å². The van der Waals surface area contributed by atoms with E-state index in [9.17, 15) is 13.2 Å². The summed E-state index contributed by atoms with van der Waals surface area (Å²) in [7, 11) is -3.59. The van der Waals surface area contributed by atoms with Crippen molar-refractivity contribution in [2.24, 2.45) is 0 Å². The molecular weight excluding hydrogens is 400 g/mol. The fourth-order valence-corrected chi connectivity index (χ4v) is 5.43. The highest BCUT2D eigenvalue weighted by molar-refractivity contribution is 7.86. The van der Waals surface area contributed by atoms with Gasteiger partial charge in [0.1, 0.15) is 0 Å². The Morgan fingerprint density at radius 1 is 1.07 bits per heavy atom. The van der Waals surface area contributed by atoms with Gasteiger partial charge in [0.05, 0.1) is 18.5 Å². The molecule has 4 rings (SSSR count). The normalized spacial score (nSPS) is 24.7. The minimum atomic E-state index is -3.59. The van der Waals surface area contributed by atoms with Gasteiger partial charge in [-0.05, 0) is 26.0 Å². The van der Waals surface area contributed by atoms with E-state index >= 15 is 0 Å².